The third-order valence-electron chi connectivity index (χ3n) is 6.25. The van der Waals surface area contributed by atoms with Gasteiger partial charge in [-0.2, -0.15) is 0 Å². The number of allylic oxidation sites excluding steroid dienone is 1. The molecule has 1 heterocycles. The quantitative estimate of drug-likeness (QED) is 0.731. The van der Waals surface area contributed by atoms with Crippen LogP contribution in [0.15, 0.2) is 59.8 Å². The molecule has 1 atom stereocenters. The summed E-state index contributed by atoms with van der Waals surface area (Å²) in [6.45, 7) is 4.18. The van der Waals surface area contributed by atoms with Crippen LogP contribution in [0.5, 0.6) is 0 Å². The molecule has 1 amide bonds. The summed E-state index contributed by atoms with van der Waals surface area (Å²) in [6, 6.07) is 13.3. The zero-order valence-electron chi connectivity index (χ0n) is 17.2. The van der Waals surface area contributed by atoms with E-state index in [0.29, 0.717) is 18.4 Å². The lowest BCUT2D eigenvalue weighted by Gasteiger charge is -2.37. The van der Waals surface area contributed by atoms with Crippen LogP contribution in [0.4, 0.5) is 15.8 Å². The second-order valence-corrected chi connectivity index (χ2v) is 9.41. The van der Waals surface area contributed by atoms with Gasteiger partial charge in [-0.25, -0.2) is 4.39 Å². The van der Waals surface area contributed by atoms with Gasteiger partial charge in [-0.1, -0.05) is 38.1 Å². The molecule has 0 saturated heterocycles. The van der Waals surface area contributed by atoms with Gasteiger partial charge in [-0.3, -0.25) is 14.5 Å². The maximum Gasteiger partial charge on any atom is 0.231 e. The number of hydrogen-bond acceptors (Lipinski definition) is 3. The molecule has 30 heavy (non-hydrogen) atoms. The van der Waals surface area contributed by atoms with Crippen molar-refractivity contribution in [2.45, 2.75) is 45.6 Å². The summed E-state index contributed by atoms with van der Waals surface area (Å²) >= 11 is 0. The summed E-state index contributed by atoms with van der Waals surface area (Å²) in [4.78, 5) is 28.8. The van der Waals surface area contributed by atoms with E-state index < -0.39 is 6.04 Å². The molecular weight excluding hydrogens is 379 g/mol. The van der Waals surface area contributed by atoms with Gasteiger partial charge in [0.05, 0.1) is 17.4 Å². The number of carbonyl (C=O) groups excluding carboxylic acids is 2. The monoisotopic (exact) mass is 404 g/mol. The third kappa shape index (κ3) is 3.22. The standard InChI is InChI=1S/C25H25FN2O2/c1-25(2)13-19-22(21(29)14-25)23(15-9-11-17(26)12-10-15)28(24(30)16-7-8-16)20-6-4-3-5-18(20)27-19/h3-6,9-12,16,23,27H,7-8,13-14H2,1-2H3/t23-/m0/s1. The molecule has 5 heteroatoms. The average Bonchev–Trinajstić information content (AvgIpc) is 3.53. The van der Waals surface area contributed by atoms with Crippen molar-refractivity contribution >= 4 is 23.1 Å². The minimum atomic E-state index is -0.562. The molecule has 154 valence electrons. The lowest BCUT2D eigenvalue weighted by Crippen LogP contribution is -2.40. The topological polar surface area (TPSA) is 49.4 Å². The Kier molecular flexibility index (Phi) is 4.31. The molecule has 1 aliphatic heterocycles. The highest BCUT2D eigenvalue weighted by atomic mass is 19.1. The zero-order chi connectivity index (χ0) is 21.0. The Labute approximate surface area is 175 Å². The van der Waals surface area contributed by atoms with Gasteiger partial charge >= 0.3 is 0 Å². The normalized spacial score (nSPS) is 22.7. The third-order valence-corrected chi connectivity index (χ3v) is 6.25. The maximum atomic E-state index is 13.7. The van der Waals surface area contributed by atoms with Crippen LogP contribution in [-0.4, -0.2) is 11.7 Å². The fourth-order valence-electron chi connectivity index (χ4n) is 4.72. The van der Waals surface area contributed by atoms with Crippen LogP contribution < -0.4 is 10.2 Å². The first-order valence-corrected chi connectivity index (χ1v) is 10.5. The first kappa shape index (κ1) is 19.0. The number of hydrogen-bond donors (Lipinski definition) is 1. The number of nitrogens with one attached hydrogen (secondary N) is 1. The average molecular weight is 404 g/mol. The van der Waals surface area contributed by atoms with Crippen LogP contribution in [0.2, 0.25) is 0 Å². The van der Waals surface area contributed by atoms with Crippen molar-refractivity contribution < 1.29 is 14.0 Å². The molecule has 3 aliphatic rings. The number of nitrogens with zero attached hydrogens (tertiary/aromatic N) is 1. The Morgan fingerprint density at radius 2 is 1.77 bits per heavy atom. The van der Waals surface area contributed by atoms with Crippen molar-refractivity contribution in [3.63, 3.8) is 0 Å². The molecular formula is C25H25FN2O2. The van der Waals surface area contributed by atoms with Gasteiger partial charge in [0.1, 0.15) is 5.82 Å². The van der Waals surface area contributed by atoms with Gasteiger partial charge in [-0.05, 0) is 54.5 Å². The van der Waals surface area contributed by atoms with Crippen LogP contribution >= 0.6 is 0 Å². The Morgan fingerprint density at radius 1 is 1.07 bits per heavy atom. The largest absolute Gasteiger partial charge is 0.357 e. The number of amides is 1. The number of rotatable bonds is 2. The fourth-order valence-corrected chi connectivity index (χ4v) is 4.72. The number of Topliss-reactive ketones (excluding diaryl/α,β-unsaturated/α-hetero) is 1. The molecule has 0 radical (unpaired) electrons. The van der Waals surface area contributed by atoms with Crippen molar-refractivity contribution in [1.82, 2.24) is 0 Å². The first-order valence-electron chi connectivity index (χ1n) is 10.5. The summed E-state index contributed by atoms with van der Waals surface area (Å²) in [6.07, 6.45) is 2.88. The van der Waals surface area contributed by atoms with Gasteiger partial charge in [0.15, 0.2) is 5.78 Å². The lowest BCUT2D eigenvalue weighted by molar-refractivity contribution is -0.120. The number of halogens is 1. The minimum Gasteiger partial charge on any atom is -0.357 e. The van der Waals surface area contributed by atoms with E-state index in [0.717, 1.165) is 35.5 Å². The van der Waals surface area contributed by atoms with E-state index in [4.69, 9.17) is 0 Å². The summed E-state index contributed by atoms with van der Waals surface area (Å²) in [7, 11) is 0. The predicted octanol–water partition coefficient (Wildman–Crippen LogP) is 5.38. The highest BCUT2D eigenvalue weighted by Crippen LogP contribution is 2.49. The van der Waals surface area contributed by atoms with Crippen molar-refractivity contribution in [3.8, 4) is 0 Å². The summed E-state index contributed by atoms with van der Waals surface area (Å²) < 4.78 is 13.7. The highest BCUT2D eigenvalue weighted by molar-refractivity contribution is 6.07. The van der Waals surface area contributed by atoms with Crippen molar-refractivity contribution in [2.24, 2.45) is 11.3 Å². The van der Waals surface area contributed by atoms with E-state index in [9.17, 15) is 14.0 Å². The second-order valence-electron chi connectivity index (χ2n) is 9.41. The molecule has 5 rings (SSSR count). The second kappa shape index (κ2) is 6.79. The predicted molar refractivity (Wildman–Crippen MR) is 114 cm³/mol. The van der Waals surface area contributed by atoms with E-state index in [-0.39, 0.29) is 28.8 Å². The molecule has 1 fully saturated rings. The highest BCUT2D eigenvalue weighted by Gasteiger charge is 2.45. The number of benzene rings is 2. The molecule has 2 aliphatic carbocycles. The Morgan fingerprint density at radius 3 is 2.47 bits per heavy atom. The fraction of sp³-hybridized carbons (Fsp3) is 0.360. The van der Waals surface area contributed by atoms with Gasteiger partial charge in [-0.15, -0.1) is 0 Å². The van der Waals surface area contributed by atoms with Crippen LogP contribution in [0.25, 0.3) is 0 Å². The van der Waals surface area contributed by atoms with Crippen molar-refractivity contribution in [1.29, 1.82) is 0 Å². The molecule has 1 saturated carbocycles. The molecule has 0 aromatic heterocycles. The SMILES string of the molecule is CC1(C)CC(=O)C2=C(C1)Nc1ccccc1N(C(=O)C1CC1)[C@H]2c1ccc(F)cc1. The van der Waals surface area contributed by atoms with Gasteiger partial charge in [0.25, 0.3) is 0 Å². The van der Waals surface area contributed by atoms with Gasteiger partial charge in [0.2, 0.25) is 5.91 Å². The molecule has 2 aromatic rings. The lowest BCUT2D eigenvalue weighted by atomic mass is 9.73. The van der Waals surface area contributed by atoms with E-state index in [2.05, 4.69) is 19.2 Å². The summed E-state index contributed by atoms with van der Waals surface area (Å²) in [5.74, 6) is -0.274. The van der Waals surface area contributed by atoms with Crippen LogP contribution in [0.1, 0.15) is 51.1 Å². The van der Waals surface area contributed by atoms with E-state index >= 15 is 0 Å². The van der Waals surface area contributed by atoms with E-state index in [1.165, 1.54) is 12.1 Å². The Bertz CT molecular complexity index is 1070. The van der Waals surface area contributed by atoms with Gasteiger partial charge in [0, 0.05) is 23.6 Å². The smallest absolute Gasteiger partial charge is 0.231 e. The molecule has 4 nitrogen and oxygen atoms in total. The number of carbonyl (C=O) groups is 2. The van der Waals surface area contributed by atoms with E-state index in [1.807, 2.05) is 24.3 Å². The Balaban J connectivity index is 1.77. The number of anilines is 2. The summed E-state index contributed by atoms with van der Waals surface area (Å²) in [5, 5.41) is 3.49. The maximum absolute atomic E-state index is 13.7. The number of ketones is 1. The number of para-hydroxylation sites is 2. The van der Waals surface area contributed by atoms with Crippen LogP contribution in [0.3, 0.4) is 0 Å². The number of fused-ring (bicyclic) bond motifs is 1. The van der Waals surface area contributed by atoms with Gasteiger partial charge < -0.3 is 5.32 Å². The Hall–Kier alpha value is -2.95. The zero-order valence-corrected chi connectivity index (χ0v) is 17.2. The summed E-state index contributed by atoms with van der Waals surface area (Å²) in [5.41, 5.74) is 3.68. The molecule has 1 N–H and O–H groups in total. The van der Waals surface area contributed by atoms with Crippen LogP contribution in [-0.2, 0) is 9.59 Å². The van der Waals surface area contributed by atoms with Crippen molar-refractivity contribution in [3.05, 3.63) is 71.2 Å². The molecule has 0 spiro atoms. The molecule has 0 bridgehead atoms. The first-order chi connectivity index (χ1) is 14.3. The van der Waals surface area contributed by atoms with Crippen molar-refractivity contribution in [2.75, 3.05) is 10.2 Å². The molecule has 0 unspecified atom stereocenters. The van der Waals surface area contributed by atoms with Crippen LogP contribution in [0, 0.1) is 17.2 Å². The van der Waals surface area contributed by atoms with E-state index in [1.54, 1.807) is 17.0 Å². The molecule has 2 aromatic carbocycles. The minimum absolute atomic E-state index is 0.0155.